The summed E-state index contributed by atoms with van der Waals surface area (Å²) in [7, 11) is 0. The molecule has 1 rings (SSSR count). The average molecular weight is 478 g/mol. The van der Waals surface area contributed by atoms with Gasteiger partial charge >= 0.3 is 6.09 Å². The molecule has 0 aromatic heterocycles. The van der Waals surface area contributed by atoms with Crippen LogP contribution in [-0.2, 0) is 14.3 Å². The average Bonchev–Trinajstić information content (AvgIpc) is 2.64. The molecule has 8 heteroatoms. The zero-order valence-corrected chi connectivity index (χ0v) is 22.2. The molecule has 0 aliphatic rings. The molecular formula is C26H43N3O5. The molecule has 1 aromatic rings. The summed E-state index contributed by atoms with van der Waals surface area (Å²) >= 11 is 0. The van der Waals surface area contributed by atoms with Gasteiger partial charge in [0.25, 0.3) is 0 Å². The van der Waals surface area contributed by atoms with Crippen LogP contribution in [0.2, 0.25) is 0 Å². The quantitative estimate of drug-likeness (QED) is 0.502. The molecule has 0 spiro atoms. The third kappa shape index (κ3) is 10.1. The van der Waals surface area contributed by atoms with Crippen LogP contribution in [0, 0.1) is 12.8 Å². The molecule has 2 unspecified atom stereocenters. The molecule has 0 aliphatic carbocycles. The second-order valence-electron chi connectivity index (χ2n) is 11.1. The Balaban J connectivity index is 3.43. The Morgan fingerprint density at radius 1 is 1.03 bits per heavy atom. The van der Waals surface area contributed by atoms with Gasteiger partial charge in [-0.3, -0.25) is 9.59 Å². The third-order valence-corrected chi connectivity index (χ3v) is 4.77. The topological polar surface area (TPSA) is 108 Å². The van der Waals surface area contributed by atoms with Crippen LogP contribution in [0.5, 0.6) is 0 Å². The fourth-order valence-electron chi connectivity index (χ4n) is 3.48. The number of aliphatic hydroxyl groups excluding tert-OH is 1. The molecule has 0 heterocycles. The molecule has 1 aromatic carbocycles. The van der Waals surface area contributed by atoms with Gasteiger partial charge in [0.05, 0.1) is 6.61 Å². The molecule has 8 nitrogen and oxygen atoms in total. The number of hydrogen-bond acceptors (Lipinski definition) is 5. The zero-order chi connectivity index (χ0) is 26.3. The Morgan fingerprint density at radius 2 is 1.59 bits per heavy atom. The highest BCUT2D eigenvalue weighted by atomic mass is 16.6. The summed E-state index contributed by atoms with van der Waals surface area (Å²) < 4.78 is 5.36. The molecular weight excluding hydrogens is 434 g/mol. The molecule has 0 saturated carbocycles. The Labute approximate surface area is 204 Å². The first kappa shape index (κ1) is 29.4. The van der Waals surface area contributed by atoms with Gasteiger partial charge in [-0.1, -0.05) is 43.7 Å². The predicted molar refractivity (Wildman–Crippen MR) is 133 cm³/mol. The Kier molecular flexibility index (Phi) is 10.6. The second kappa shape index (κ2) is 12.2. The van der Waals surface area contributed by atoms with E-state index in [-0.39, 0.29) is 25.0 Å². The van der Waals surface area contributed by atoms with Gasteiger partial charge in [0.15, 0.2) is 0 Å². The standard InChI is InChI=1S/C26H43N3O5/c1-17(2)16-20(27-24(33)34-26(7,8)9)23(32)29(14-15-30)21(22(31)28-25(4,5)6)19-12-10-18(3)11-13-19/h10-13,17,20-21,30H,14-16H2,1-9H3,(H,27,33)(H,28,31). The molecule has 0 radical (unpaired) electrons. The van der Waals surface area contributed by atoms with Crippen LogP contribution in [0.15, 0.2) is 24.3 Å². The SMILES string of the molecule is Cc1ccc(C(C(=O)NC(C)(C)C)N(CCO)C(=O)C(CC(C)C)NC(=O)OC(C)(C)C)cc1. The molecule has 3 N–H and O–H groups in total. The third-order valence-electron chi connectivity index (χ3n) is 4.77. The maximum absolute atomic E-state index is 13.8. The van der Waals surface area contributed by atoms with Crippen LogP contribution in [0.3, 0.4) is 0 Å². The van der Waals surface area contributed by atoms with E-state index in [9.17, 15) is 19.5 Å². The van der Waals surface area contributed by atoms with Crippen molar-refractivity contribution in [3.05, 3.63) is 35.4 Å². The van der Waals surface area contributed by atoms with E-state index in [1.807, 2.05) is 53.7 Å². The fourth-order valence-corrected chi connectivity index (χ4v) is 3.48. The van der Waals surface area contributed by atoms with Gasteiger partial charge in [0.2, 0.25) is 11.8 Å². The lowest BCUT2D eigenvalue weighted by Crippen LogP contribution is -2.55. The van der Waals surface area contributed by atoms with E-state index >= 15 is 0 Å². The highest BCUT2D eigenvalue weighted by Crippen LogP contribution is 2.25. The molecule has 34 heavy (non-hydrogen) atoms. The van der Waals surface area contributed by atoms with Gasteiger partial charge in [-0.2, -0.15) is 0 Å². The minimum atomic E-state index is -0.977. The van der Waals surface area contributed by atoms with E-state index in [1.165, 1.54) is 4.90 Å². The number of alkyl carbamates (subject to hydrolysis) is 1. The van der Waals surface area contributed by atoms with Gasteiger partial charge in [-0.05, 0) is 66.4 Å². The van der Waals surface area contributed by atoms with Crippen LogP contribution in [0.25, 0.3) is 0 Å². The molecule has 0 saturated heterocycles. The number of benzene rings is 1. The first-order valence-corrected chi connectivity index (χ1v) is 11.8. The number of amides is 3. The molecule has 0 bridgehead atoms. The van der Waals surface area contributed by atoms with Gasteiger partial charge < -0.3 is 25.4 Å². The van der Waals surface area contributed by atoms with Gasteiger partial charge in [-0.15, -0.1) is 0 Å². The normalized spacial score (nSPS) is 13.7. The first-order valence-electron chi connectivity index (χ1n) is 11.8. The minimum absolute atomic E-state index is 0.0699. The van der Waals surface area contributed by atoms with Crippen LogP contribution in [0.4, 0.5) is 4.79 Å². The fraction of sp³-hybridized carbons (Fsp3) is 0.654. The van der Waals surface area contributed by atoms with Crippen molar-refractivity contribution in [2.24, 2.45) is 5.92 Å². The Bertz CT molecular complexity index is 822. The van der Waals surface area contributed by atoms with Gasteiger partial charge in [0, 0.05) is 12.1 Å². The van der Waals surface area contributed by atoms with Crippen LogP contribution in [0.1, 0.15) is 79.0 Å². The summed E-state index contributed by atoms with van der Waals surface area (Å²) in [5.74, 6) is -0.733. The summed E-state index contributed by atoms with van der Waals surface area (Å²) in [6.45, 7) is 16.2. The van der Waals surface area contributed by atoms with Crippen molar-refractivity contribution in [3.8, 4) is 0 Å². The molecule has 2 atom stereocenters. The van der Waals surface area contributed by atoms with Crippen molar-refractivity contribution in [2.45, 2.75) is 92.0 Å². The van der Waals surface area contributed by atoms with Crippen LogP contribution in [-0.4, -0.2) is 58.2 Å². The number of hydrogen-bond donors (Lipinski definition) is 3. The number of rotatable bonds is 9. The summed E-state index contributed by atoms with van der Waals surface area (Å²) in [5.41, 5.74) is 0.384. The maximum atomic E-state index is 13.8. The number of aryl methyl sites for hydroxylation is 1. The van der Waals surface area contributed by atoms with Crippen molar-refractivity contribution in [2.75, 3.05) is 13.2 Å². The van der Waals surface area contributed by atoms with Crippen molar-refractivity contribution >= 4 is 17.9 Å². The molecule has 0 aliphatic heterocycles. The molecule has 3 amide bonds. The van der Waals surface area contributed by atoms with E-state index in [2.05, 4.69) is 10.6 Å². The lowest BCUT2D eigenvalue weighted by Gasteiger charge is -2.36. The maximum Gasteiger partial charge on any atom is 0.408 e. The van der Waals surface area contributed by atoms with Crippen molar-refractivity contribution < 1.29 is 24.2 Å². The summed E-state index contributed by atoms with van der Waals surface area (Å²) in [6.07, 6.45) is -0.358. The van der Waals surface area contributed by atoms with Crippen LogP contribution >= 0.6 is 0 Å². The number of nitrogens with zero attached hydrogens (tertiary/aromatic N) is 1. The lowest BCUT2D eigenvalue weighted by atomic mass is 9.98. The predicted octanol–water partition coefficient (Wildman–Crippen LogP) is 3.71. The van der Waals surface area contributed by atoms with Crippen molar-refractivity contribution in [1.82, 2.24) is 15.5 Å². The van der Waals surface area contributed by atoms with Crippen molar-refractivity contribution in [1.29, 1.82) is 0 Å². The van der Waals surface area contributed by atoms with E-state index < -0.39 is 35.2 Å². The van der Waals surface area contributed by atoms with Crippen LogP contribution < -0.4 is 10.6 Å². The highest BCUT2D eigenvalue weighted by Gasteiger charge is 2.37. The monoisotopic (exact) mass is 477 g/mol. The van der Waals surface area contributed by atoms with E-state index in [0.29, 0.717) is 12.0 Å². The summed E-state index contributed by atoms with van der Waals surface area (Å²) in [6, 6.07) is 5.46. The minimum Gasteiger partial charge on any atom is -0.444 e. The van der Waals surface area contributed by atoms with E-state index in [0.717, 1.165) is 5.56 Å². The molecule has 192 valence electrons. The second-order valence-corrected chi connectivity index (χ2v) is 11.1. The van der Waals surface area contributed by atoms with E-state index in [4.69, 9.17) is 4.74 Å². The summed E-state index contributed by atoms with van der Waals surface area (Å²) in [4.78, 5) is 41.1. The lowest BCUT2D eigenvalue weighted by molar-refractivity contribution is -0.144. The number of carbonyl (C=O) groups excluding carboxylic acids is 3. The number of ether oxygens (including phenoxy) is 1. The Hall–Kier alpha value is -2.61. The molecule has 0 fully saturated rings. The van der Waals surface area contributed by atoms with Gasteiger partial charge in [-0.25, -0.2) is 4.79 Å². The largest absolute Gasteiger partial charge is 0.444 e. The number of aliphatic hydroxyl groups is 1. The number of carbonyl (C=O) groups is 3. The van der Waals surface area contributed by atoms with Crippen molar-refractivity contribution in [3.63, 3.8) is 0 Å². The summed E-state index contributed by atoms with van der Waals surface area (Å²) in [5, 5.41) is 15.4. The van der Waals surface area contributed by atoms with Gasteiger partial charge in [0.1, 0.15) is 17.7 Å². The highest BCUT2D eigenvalue weighted by molar-refractivity contribution is 5.92. The first-order chi connectivity index (χ1) is 15.5. The number of nitrogens with one attached hydrogen (secondary N) is 2. The Morgan fingerprint density at radius 3 is 2.03 bits per heavy atom. The van der Waals surface area contributed by atoms with E-state index in [1.54, 1.807) is 32.9 Å². The smallest absolute Gasteiger partial charge is 0.408 e. The zero-order valence-electron chi connectivity index (χ0n) is 22.2.